The van der Waals surface area contributed by atoms with Crippen LogP contribution < -0.4 is 5.73 Å². The molecule has 3 heterocycles. The molecule has 1 aromatic carbocycles. The summed E-state index contributed by atoms with van der Waals surface area (Å²) in [7, 11) is 0. The second kappa shape index (κ2) is 6.24. The molecule has 4 rings (SSSR count). The van der Waals surface area contributed by atoms with E-state index in [-0.39, 0.29) is 11.9 Å². The van der Waals surface area contributed by atoms with Gasteiger partial charge in [-0.1, -0.05) is 24.3 Å². The lowest BCUT2D eigenvalue weighted by molar-refractivity contribution is -0.132. The summed E-state index contributed by atoms with van der Waals surface area (Å²) in [6.45, 7) is 2.64. The van der Waals surface area contributed by atoms with Crippen molar-refractivity contribution in [1.82, 2.24) is 9.47 Å². The van der Waals surface area contributed by atoms with E-state index in [2.05, 4.69) is 40.0 Å². The number of benzene rings is 1. The zero-order valence-corrected chi connectivity index (χ0v) is 13.7. The average molecular weight is 322 g/mol. The molecule has 0 bridgehead atoms. The predicted molar refractivity (Wildman–Crippen MR) is 96.3 cm³/mol. The molecule has 1 saturated heterocycles. The monoisotopic (exact) mass is 322 g/mol. The Balaban J connectivity index is 1.62. The maximum absolute atomic E-state index is 12.7. The van der Waals surface area contributed by atoms with Crippen molar-refractivity contribution in [1.29, 1.82) is 0 Å². The summed E-state index contributed by atoms with van der Waals surface area (Å²) in [5.41, 5.74) is 9.12. The van der Waals surface area contributed by atoms with Gasteiger partial charge in [0.05, 0.1) is 12.3 Å². The van der Waals surface area contributed by atoms with E-state index in [0.717, 1.165) is 54.7 Å². The zero-order chi connectivity index (χ0) is 16.5. The molecule has 24 heavy (non-hydrogen) atoms. The highest BCUT2D eigenvalue weighted by molar-refractivity contribution is 6.17. The number of piperidine rings is 1. The number of hydrogen-bond acceptors (Lipinski definition) is 3. The van der Waals surface area contributed by atoms with E-state index < -0.39 is 0 Å². The van der Waals surface area contributed by atoms with E-state index >= 15 is 0 Å². The molecule has 0 saturated carbocycles. The van der Waals surface area contributed by atoms with Gasteiger partial charge in [-0.2, -0.15) is 0 Å². The number of nitrogens with zero attached hydrogens (tertiary/aromatic N) is 3. The molecular formula is C19H22N4O. The van der Waals surface area contributed by atoms with Crippen LogP contribution in [0.15, 0.2) is 47.6 Å². The molecule has 1 fully saturated rings. The Morgan fingerprint density at radius 2 is 2.04 bits per heavy atom. The quantitative estimate of drug-likeness (QED) is 0.939. The number of aliphatic imine (C=N–C) groups is 1. The highest BCUT2D eigenvalue weighted by Gasteiger charge is 2.22. The van der Waals surface area contributed by atoms with Crippen molar-refractivity contribution in [3.8, 4) is 0 Å². The minimum atomic E-state index is 0.165. The number of carbonyl (C=O) groups is 1. The molecule has 5 nitrogen and oxygen atoms in total. The zero-order valence-electron chi connectivity index (χ0n) is 13.7. The SMILES string of the molecule is NC1CCN(C(=O)Cn2cc(C3=NCC=C3)c3ccccc32)CC1. The lowest BCUT2D eigenvalue weighted by Gasteiger charge is -2.30. The summed E-state index contributed by atoms with van der Waals surface area (Å²) in [6.07, 6.45) is 7.96. The summed E-state index contributed by atoms with van der Waals surface area (Å²) < 4.78 is 2.05. The van der Waals surface area contributed by atoms with Crippen LogP contribution >= 0.6 is 0 Å². The van der Waals surface area contributed by atoms with Crippen LogP contribution in [0.4, 0.5) is 0 Å². The van der Waals surface area contributed by atoms with Gasteiger partial charge in [-0.05, 0) is 25.0 Å². The Hall–Kier alpha value is -2.40. The van der Waals surface area contributed by atoms with E-state index in [0.29, 0.717) is 6.54 Å². The fourth-order valence-electron chi connectivity index (χ4n) is 3.52. The minimum absolute atomic E-state index is 0.165. The molecule has 0 unspecified atom stereocenters. The van der Waals surface area contributed by atoms with E-state index in [1.165, 1.54) is 0 Å². The largest absolute Gasteiger partial charge is 0.341 e. The van der Waals surface area contributed by atoms with Crippen LogP contribution in [0.1, 0.15) is 18.4 Å². The van der Waals surface area contributed by atoms with Gasteiger partial charge in [-0.25, -0.2) is 0 Å². The standard InChI is InChI=1S/C19H22N4O/c20-14-7-10-22(11-8-14)19(24)13-23-12-16(17-5-3-9-21-17)15-4-1-2-6-18(15)23/h1-6,12,14H,7-11,13,20H2. The van der Waals surface area contributed by atoms with Crippen molar-refractivity contribution >= 4 is 22.5 Å². The van der Waals surface area contributed by atoms with Crippen LogP contribution in [-0.2, 0) is 11.3 Å². The van der Waals surface area contributed by atoms with Gasteiger partial charge < -0.3 is 15.2 Å². The topological polar surface area (TPSA) is 63.6 Å². The Labute approximate surface area is 141 Å². The first-order valence-corrected chi connectivity index (χ1v) is 8.55. The van der Waals surface area contributed by atoms with Crippen molar-refractivity contribution in [2.45, 2.75) is 25.4 Å². The third-order valence-electron chi connectivity index (χ3n) is 4.91. The number of carbonyl (C=O) groups excluding carboxylic acids is 1. The van der Waals surface area contributed by atoms with Gasteiger partial charge in [0.2, 0.25) is 5.91 Å². The Morgan fingerprint density at radius 3 is 2.79 bits per heavy atom. The van der Waals surface area contributed by atoms with Gasteiger partial charge in [-0.3, -0.25) is 9.79 Å². The molecule has 1 amide bonds. The van der Waals surface area contributed by atoms with Crippen LogP contribution in [0.5, 0.6) is 0 Å². The van der Waals surface area contributed by atoms with E-state index in [1.54, 1.807) is 0 Å². The summed E-state index contributed by atoms with van der Waals surface area (Å²) in [5, 5.41) is 1.15. The molecule has 0 atom stereocenters. The van der Waals surface area contributed by atoms with Crippen LogP contribution in [0, 0.1) is 0 Å². The minimum Gasteiger partial charge on any atom is -0.341 e. The average Bonchev–Trinajstić information content (AvgIpc) is 3.24. The lowest BCUT2D eigenvalue weighted by atomic mass is 10.1. The first kappa shape index (κ1) is 15.1. The summed E-state index contributed by atoms with van der Waals surface area (Å²) in [5.74, 6) is 0.165. The number of allylic oxidation sites excluding steroid dienone is 1. The third kappa shape index (κ3) is 2.76. The van der Waals surface area contributed by atoms with Gasteiger partial charge in [0.1, 0.15) is 6.54 Å². The lowest BCUT2D eigenvalue weighted by Crippen LogP contribution is -2.44. The second-order valence-corrected chi connectivity index (χ2v) is 6.53. The van der Waals surface area contributed by atoms with Crippen molar-refractivity contribution < 1.29 is 4.79 Å². The number of aromatic nitrogens is 1. The van der Waals surface area contributed by atoms with E-state index in [9.17, 15) is 4.79 Å². The molecule has 2 aromatic rings. The number of amides is 1. The Kier molecular flexibility index (Phi) is 3.94. The maximum atomic E-state index is 12.7. The van der Waals surface area contributed by atoms with E-state index in [1.807, 2.05) is 17.0 Å². The molecular weight excluding hydrogens is 300 g/mol. The summed E-state index contributed by atoms with van der Waals surface area (Å²) in [6, 6.07) is 8.44. The summed E-state index contributed by atoms with van der Waals surface area (Å²) in [4.78, 5) is 19.1. The van der Waals surface area contributed by atoms with Crippen LogP contribution in [0.25, 0.3) is 10.9 Å². The second-order valence-electron chi connectivity index (χ2n) is 6.53. The first-order chi connectivity index (χ1) is 11.7. The number of rotatable bonds is 3. The van der Waals surface area contributed by atoms with Gasteiger partial charge >= 0.3 is 0 Å². The molecule has 0 spiro atoms. The number of likely N-dealkylation sites (tertiary alicyclic amines) is 1. The van der Waals surface area contributed by atoms with Gasteiger partial charge in [0.15, 0.2) is 0 Å². The first-order valence-electron chi connectivity index (χ1n) is 8.55. The molecule has 1 aromatic heterocycles. The van der Waals surface area contributed by atoms with Crippen LogP contribution in [-0.4, -0.2) is 46.8 Å². The van der Waals surface area contributed by atoms with Gasteiger partial charge in [-0.15, -0.1) is 0 Å². The fraction of sp³-hybridized carbons (Fsp3) is 0.368. The molecule has 2 N–H and O–H groups in total. The molecule has 124 valence electrons. The van der Waals surface area contributed by atoms with Crippen molar-refractivity contribution in [2.75, 3.05) is 19.6 Å². The molecule has 2 aliphatic heterocycles. The molecule has 5 heteroatoms. The number of nitrogens with two attached hydrogens (primary N) is 1. The highest BCUT2D eigenvalue weighted by Crippen LogP contribution is 2.24. The third-order valence-corrected chi connectivity index (χ3v) is 4.91. The predicted octanol–water partition coefficient (Wildman–Crippen LogP) is 1.95. The summed E-state index contributed by atoms with van der Waals surface area (Å²) >= 11 is 0. The van der Waals surface area contributed by atoms with Gasteiger partial charge in [0.25, 0.3) is 0 Å². The normalized spacial score (nSPS) is 18.4. The fourth-order valence-corrected chi connectivity index (χ4v) is 3.52. The van der Waals surface area contributed by atoms with Crippen molar-refractivity contribution in [3.05, 3.63) is 48.2 Å². The van der Waals surface area contributed by atoms with Gasteiger partial charge in [0, 0.05) is 41.8 Å². The Morgan fingerprint density at radius 1 is 1.25 bits per heavy atom. The van der Waals surface area contributed by atoms with E-state index in [4.69, 9.17) is 5.73 Å². The van der Waals surface area contributed by atoms with Crippen molar-refractivity contribution in [2.24, 2.45) is 10.7 Å². The highest BCUT2D eigenvalue weighted by atomic mass is 16.2. The van der Waals surface area contributed by atoms with Crippen LogP contribution in [0.2, 0.25) is 0 Å². The maximum Gasteiger partial charge on any atom is 0.242 e. The molecule has 0 aliphatic carbocycles. The number of hydrogen-bond donors (Lipinski definition) is 1. The molecule has 0 radical (unpaired) electrons. The number of para-hydroxylation sites is 1. The van der Waals surface area contributed by atoms with Crippen molar-refractivity contribution in [3.63, 3.8) is 0 Å². The molecule has 2 aliphatic rings. The van der Waals surface area contributed by atoms with Crippen LogP contribution in [0.3, 0.4) is 0 Å². The Bertz CT molecular complexity index is 825. The smallest absolute Gasteiger partial charge is 0.242 e. The number of fused-ring (bicyclic) bond motifs is 1.